The average Bonchev–Trinajstić information content (AvgIpc) is 3.53. The molecule has 1 aromatic rings. The van der Waals surface area contributed by atoms with Crippen LogP contribution in [0.3, 0.4) is 0 Å². The van der Waals surface area contributed by atoms with Crippen LogP contribution in [-0.2, 0) is 27.3 Å². The summed E-state index contributed by atoms with van der Waals surface area (Å²) in [5.74, 6) is 3.10. The Bertz CT molecular complexity index is 654. The Balaban J connectivity index is 0.000000438. The second-order valence-electron chi connectivity index (χ2n) is 9.26. The number of benzene rings is 1. The number of hydrogen-bond acceptors (Lipinski definition) is 0. The van der Waals surface area contributed by atoms with Crippen LogP contribution >= 0.6 is 48.9 Å². The molecular weight excluding hydrogens is 658 g/mol. The molecule has 3 fully saturated rings. The zero-order valence-corrected chi connectivity index (χ0v) is 28.6. The van der Waals surface area contributed by atoms with Crippen LogP contribution in [0.15, 0.2) is 28.2 Å². The minimum atomic E-state index is -0.826. The molecule has 5 heteroatoms. The van der Waals surface area contributed by atoms with E-state index >= 15 is 0 Å². The van der Waals surface area contributed by atoms with E-state index in [1.807, 2.05) is 13.8 Å². The summed E-state index contributed by atoms with van der Waals surface area (Å²) in [5.41, 5.74) is 4.26. The molecule has 1 aromatic carbocycles. The molecule has 0 spiro atoms. The first kappa shape index (κ1) is 34.4. The zero-order chi connectivity index (χ0) is 23.9. The molecule has 0 bridgehead atoms. The summed E-state index contributed by atoms with van der Waals surface area (Å²) < 4.78 is 1.24. The molecule has 0 saturated heterocycles. The maximum atomic E-state index is 4.93. The second kappa shape index (κ2) is 20.4. The van der Waals surface area contributed by atoms with Crippen molar-refractivity contribution < 1.29 is 20.8 Å². The molecule has 33 heavy (non-hydrogen) atoms. The molecule has 5 rings (SSSR count). The number of fused-ring (bicyclic) bond motifs is 2. The van der Waals surface area contributed by atoms with Gasteiger partial charge in [-0.15, -0.1) is 0 Å². The van der Waals surface area contributed by atoms with Crippen molar-refractivity contribution >= 4 is 55.0 Å². The van der Waals surface area contributed by atoms with Crippen LogP contribution in [0.25, 0.3) is 6.08 Å². The fourth-order valence-corrected chi connectivity index (χ4v) is 6.88. The van der Waals surface area contributed by atoms with Crippen molar-refractivity contribution in [3.8, 4) is 0 Å². The normalized spacial score (nSPS) is 26.0. The quantitative estimate of drug-likeness (QED) is 0.186. The standard InChI is InChI=1S/C10H17Br.C10H9Br.C5H10.C2H6.CH3.2ClH.Zr/c2*1-7-5-8-3-2-4-10(11)9(8)6-7;1-2-4-5-3-1;1-2;;;;/h7-10H,2-6H2,1H3;2-5H,6H2,1H3;1-5H2;1-2H3;1H3;2*1H;/q;;;;-1;;;+2/p-2. The first-order chi connectivity index (χ1) is 15.5. The molecule has 0 radical (unpaired) electrons. The molecule has 190 valence electrons. The molecule has 4 aliphatic carbocycles. The minimum absolute atomic E-state index is 0. The predicted octanol–water partition coefficient (Wildman–Crippen LogP) is 11.8. The average molecular weight is 704 g/mol. The van der Waals surface area contributed by atoms with Gasteiger partial charge in [0.15, 0.2) is 0 Å². The third-order valence-corrected chi connectivity index (χ3v) is 8.65. The van der Waals surface area contributed by atoms with Gasteiger partial charge in [-0.3, -0.25) is 0 Å². The van der Waals surface area contributed by atoms with Gasteiger partial charge < -0.3 is 7.43 Å². The number of allylic oxidation sites excluding steroid dienone is 1. The molecule has 4 atom stereocenters. The third-order valence-electron chi connectivity index (χ3n) is 6.77. The fraction of sp³-hybridized carbons (Fsp3) is 0.679. The van der Waals surface area contributed by atoms with E-state index in [0.29, 0.717) is 0 Å². The topological polar surface area (TPSA) is 0 Å². The van der Waals surface area contributed by atoms with Gasteiger partial charge in [0.25, 0.3) is 0 Å². The Morgan fingerprint density at radius 3 is 2.03 bits per heavy atom. The van der Waals surface area contributed by atoms with Crippen molar-refractivity contribution in [1.29, 1.82) is 0 Å². The first-order valence-corrected chi connectivity index (χ1v) is 20.5. The molecule has 3 saturated carbocycles. The third kappa shape index (κ3) is 13.0. The van der Waals surface area contributed by atoms with Gasteiger partial charge in [0.2, 0.25) is 0 Å². The summed E-state index contributed by atoms with van der Waals surface area (Å²) in [6.07, 6.45) is 18.2. The molecule has 0 heterocycles. The van der Waals surface area contributed by atoms with E-state index < -0.39 is 20.8 Å². The summed E-state index contributed by atoms with van der Waals surface area (Å²) in [6.45, 7) is 8.59. The van der Waals surface area contributed by atoms with E-state index in [9.17, 15) is 0 Å². The molecule has 4 unspecified atom stereocenters. The van der Waals surface area contributed by atoms with E-state index in [0.717, 1.165) is 29.0 Å². The Morgan fingerprint density at radius 1 is 0.939 bits per heavy atom. The first-order valence-electron chi connectivity index (χ1n) is 12.5. The van der Waals surface area contributed by atoms with E-state index in [-0.39, 0.29) is 7.43 Å². The fourth-order valence-electron chi connectivity index (χ4n) is 5.39. The summed E-state index contributed by atoms with van der Waals surface area (Å²) >= 11 is 6.54. The number of halogens is 4. The number of rotatable bonds is 0. The van der Waals surface area contributed by atoms with Gasteiger partial charge in [0.05, 0.1) is 0 Å². The molecule has 0 aromatic heterocycles. The Morgan fingerprint density at radius 2 is 1.52 bits per heavy atom. The molecule has 0 N–H and O–H groups in total. The Hall–Kier alpha value is 1.38. The summed E-state index contributed by atoms with van der Waals surface area (Å²) in [6, 6.07) is 6.35. The van der Waals surface area contributed by atoms with Gasteiger partial charge in [-0.25, -0.2) is 0 Å². The maximum absolute atomic E-state index is 4.93. The summed E-state index contributed by atoms with van der Waals surface area (Å²) in [4.78, 5) is 0.853. The van der Waals surface area contributed by atoms with Crippen LogP contribution < -0.4 is 0 Å². The van der Waals surface area contributed by atoms with Crippen molar-refractivity contribution in [2.24, 2.45) is 17.8 Å². The Labute approximate surface area is 241 Å². The van der Waals surface area contributed by atoms with Gasteiger partial charge in [0.1, 0.15) is 0 Å². The number of alkyl halides is 1. The monoisotopic (exact) mass is 699 g/mol. The van der Waals surface area contributed by atoms with E-state index in [4.69, 9.17) is 17.0 Å². The molecule has 0 nitrogen and oxygen atoms in total. The number of hydrogen-bond donors (Lipinski definition) is 0. The van der Waals surface area contributed by atoms with Crippen LogP contribution in [0.1, 0.15) is 103 Å². The van der Waals surface area contributed by atoms with Crippen molar-refractivity contribution in [2.75, 3.05) is 0 Å². The van der Waals surface area contributed by atoms with Crippen LogP contribution in [0.5, 0.6) is 0 Å². The van der Waals surface area contributed by atoms with E-state index in [1.165, 1.54) is 85.4 Å². The van der Waals surface area contributed by atoms with E-state index in [2.05, 4.69) is 70.0 Å². The van der Waals surface area contributed by atoms with Gasteiger partial charge >= 0.3 is 37.9 Å². The van der Waals surface area contributed by atoms with Crippen LogP contribution in [0.4, 0.5) is 0 Å². The van der Waals surface area contributed by atoms with Crippen molar-refractivity contribution in [2.45, 2.75) is 103 Å². The molecule has 0 aliphatic heterocycles. The zero-order valence-electron chi connectivity index (χ0n) is 21.4. The van der Waals surface area contributed by atoms with Crippen molar-refractivity contribution in [3.05, 3.63) is 46.8 Å². The van der Waals surface area contributed by atoms with Crippen LogP contribution in [-0.4, -0.2) is 4.83 Å². The Kier molecular flexibility index (Phi) is 21.3. The SMILES string of the molecule is C1CCCC1.CC.CC1=Cc2cccc(Br)c2C1.CC1CC2CCCC(Br)C2C1.[CH3-].[Cl][Zr][Cl]. The van der Waals surface area contributed by atoms with Gasteiger partial charge in [-0.2, -0.15) is 0 Å². The van der Waals surface area contributed by atoms with Crippen molar-refractivity contribution in [3.63, 3.8) is 0 Å². The second-order valence-corrected chi connectivity index (χ2v) is 15.0. The summed E-state index contributed by atoms with van der Waals surface area (Å²) in [7, 11) is 9.87. The van der Waals surface area contributed by atoms with Gasteiger partial charge in [-0.05, 0) is 67.6 Å². The molecular formula is C28H45Br2Cl2Zr-. The molecule has 4 aliphatic rings. The van der Waals surface area contributed by atoms with Crippen LogP contribution in [0, 0.1) is 25.2 Å². The van der Waals surface area contributed by atoms with E-state index in [1.54, 1.807) is 0 Å². The van der Waals surface area contributed by atoms with Crippen molar-refractivity contribution in [1.82, 2.24) is 0 Å². The predicted molar refractivity (Wildman–Crippen MR) is 156 cm³/mol. The van der Waals surface area contributed by atoms with Crippen LogP contribution in [0.2, 0.25) is 0 Å². The molecule has 0 amide bonds. The van der Waals surface area contributed by atoms with Gasteiger partial charge in [-0.1, -0.05) is 121 Å². The van der Waals surface area contributed by atoms with Gasteiger partial charge in [0, 0.05) is 9.30 Å². The summed E-state index contributed by atoms with van der Waals surface area (Å²) in [5, 5.41) is 0.